The van der Waals surface area contributed by atoms with Crippen molar-refractivity contribution in [3.63, 3.8) is 0 Å². The van der Waals surface area contributed by atoms with Crippen LogP contribution in [0.2, 0.25) is 25.7 Å². The number of carbonyl (C=O) groups excluding carboxylic acids is 1. The Morgan fingerprint density at radius 3 is 2.36 bits per heavy atom. The first-order valence-corrected chi connectivity index (χ1v) is 8.95. The van der Waals surface area contributed by atoms with Crippen LogP contribution in [0.4, 0.5) is 4.79 Å². The quantitative estimate of drug-likeness (QED) is 0.663. The van der Waals surface area contributed by atoms with E-state index in [0.29, 0.717) is 6.61 Å². The van der Waals surface area contributed by atoms with Crippen molar-refractivity contribution in [2.24, 2.45) is 0 Å². The van der Waals surface area contributed by atoms with Crippen molar-refractivity contribution in [3.05, 3.63) is 0 Å². The molecule has 0 radical (unpaired) electrons. The molecule has 0 bridgehead atoms. The first-order chi connectivity index (χ1) is 6.37. The molecule has 0 aliphatic rings. The Kier molecular flexibility index (Phi) is 5.84. The van der Waals surface area contributed by atoms with Crippen LogP contribution in [-0.2, 0) is 4.74 Å². The van der Waals surface area contributed by atoms with Crippen molar-refractivity contribution in [1.29, 1.82) is 0 Å². The summed E-state index contributed by atoms with van der Waals surface area (Å²) in [6.45, 7) is 10.2. The third kappa shape index (κ3) is 6.94. The Bertz CT molecular complexity index is 177. The summed E-state index contributed by atoms with van der Waals surface area (Å²) in [5.74, 6) is 0. The number of amides is 1. The maximum absolute atomic E-state index is 11.3. The molecule has 84 valence electrons. The fraction of sp³-hybridized carbons (Fsp3) is 0.900. The maximum Gasteiger partial charge on any atom is 0.409 e. The molecule has 0 aliphatic carbocycles. The van der Waals surface area contributed by atoms with Gasteiger partial charge in [0.25, 0.3) is 0 Å². The van der Waals surface area contributed by atoms with Crippen LogP contribution < -0.4 is 0 Å². The lowest BCUT2D eigenvalue weighted by atomic mass is 10.5. The molecule has 3 nitrogen and oxygen atoms in total. The number of hydrogen-bond donors (Lipinski definition) is 0. The molecule has 0 fully saturated rings. The summed E-state index contributed by atoms with van der Waals surface area (Å²) in [7, 11) is 0.705. The van der Waals surface area contributed by atoms with Gasteiger partial charge in [-0.3, -0.25) is 0 Å². The topological polar surface area (TPSA) is 29.5 Å². The molecule has 0 atom stereocenters. The van der Waals surface area contributed by atoms with Crippen molar-refractivity contribution in [3.8, 4) is 0 Å². The average molecular weight is 217 g/mol. The van der Waals surface area contributed by atoms with Crippen LogP contribution in [0.25, 0.3) is 0 Å². The highest BCUT2D eigenvalue weighted by Crippen LogP contribution is 2.08. The number of nitrogens with zero attached hydrogens (tertiary/aromatic N) is 1. The maximum atomic E-state index is 11.3. The van der Waals surface area contributed by atoms with Crippen molar-refractivity contribution in [2.75, 3.05) is 20.2 Å². The number of carbonyl (C=O) groups is 1. The second kappa shape index (κ2) is 6.06. The number of ether oxygens (including phenoxy) is 1. The monoisotopic (exact) mass is 217 g/mol. The smallest absolute Gasteiger partial charge is 0.409 e. The molecule has 0 spiro atoms. The van der Waals surface area contributed by atoms with Gasteiger partial charge in [-0.15, -0.1) is 0 Å². The van der Waals surface area contributed by atoms with E-state index in [2.05, 4.69) is 19.6 Å². The molecule has 0 aromatic heterocycles. The molecule has 1 amide bonds. The fourth-order valence-corrected chi connectivity index (χ4v) is 1.70. The fourth-order valence-electron chi connectivity index (χ4n) is 0.981. The van der Waals surface area contributed by atoms with E-state index in [1.165, 1.54) is 0 Å². The third-order valence-electron chi connectivity index (χ3n) is 1.95. The molecular weight excluding hydrogens is 194 g/mol. The second-order valence-electron chi connectivity index (χ2n) is 4.85. The minimum absolute atomic E-state index is 0.190. The molecule has 0 saturated carbocycles. The van der Waals surface area contributed by atoms with Crippen LogP contribution in [0, 0.1) is 0 Å². The SMILES string of the molecule is CCCN(C)C(=O)OCC[Si](C)(C)C. The van der Waals surface area contributed by atoms with E-state index in [4.69, 9.17) is 4.74 Å². The summed E-state index contributed by atoms with van der Waals surface area (Å²) in [6.07, 6.45) is 0.782. The summed E-state index contributed by atoms with van der Waals surface area (Å²) in [4.78, 5) is 13.0. The minimum Gasteiger partial charge on any atom is -0.450 e. The largest absolute Gasteiger partial charge is 0.450 e. The van der Waals surface area contributed by atoms with Crippen LogP contribution in [-0.4, -0.2) is 39.3 Å². The van der Waals surface area contributed by atoms with E-state index in [1.807, 2.05) is 6.92 Å². The van der Waals surface area contributed by atoms with E-state index >= 15 is 0 Å². The van der Waals surface area contributed by atoms with Gasteiger partial charge in [0.15, 0.2) is 0 Å². The molecule has 14 heavy (non-hydrogen) atoms. The van der Waals surface area contributed by atoms with Crippen LogP contribution in [0.1, 0.15) is 13.3 Å². The van der Waals surface area contributed by atoms with Crippen molar-refractivity contribution in [1.82, 2.24) is 4.90 Å². The highest BCUT2D eigenvalue weighted by Gasteiger charge is 2.15. The summed E-state index contributed by atoms with van der Waals surface area (Å²) < 4.78 is 5.15. The third-order valence-corrected chi connectivity index (χ3v) is 3.65. The van der Waals surface area contributed by atoms with Gasteiger partial charge < -0.3 is 9.64 Å². The zero-order valence-electron chi connectivity index (χ0n) is 10.1. The zero-order chi connectivity index (χ0) is 11.2. The Morgan fingerprint density at radius 2 is 1.93 bits per heavy atom. The summed E-state index contributed by atoms with van der Waals surface area (Å²) in [5.41, 5.74) is 0. The van der Waals surface area contributed by atoms with Gasteiger partial charge in [0.05, 0.1) is 6.61 Å². The van der Waals surface area contributed by atoms with E-state index < -0.39 is 8.07 Å². The molecule has 0 aromatic carbocycles. The van der Waals surface area contributed by atoms with Gasteiger partial charge in [-0.1, -0.05) is 26.6 Å². The molecular formula is C10H23NO2Si. The van der Waals surface area contributed by atoms with Crippen LogP contribution in [0.3, 0.4) is 0 Å². The van der Waals surface area contributed by atoms with E-state index in [9.17, 15) is 4.79 Å². The molecule has 0 saturated heterocycles. The predicted molar refractivity (Wildman–Crippen MR) is 62.4 cm³/mol. The predicted octanol–water partition coefficient (Wildman–Crippen LogP) is 2.80. The van der Waals surface area contributed by atoms with E-state index in [1.54, 1.807) is 11.9 Å². The minimum atomic E-state index is -1.07. The lowest BCUT2D eigenvalue weighted by Gasteiger charge is -2.19. The first kappa shape index (κ1) is 13.5. The Balaban J connectivity index is 3.64. The molecule has 0 N–H and O–H groups in total. The summed E-state index contributed by atoms with van der Waals surface area (Å²) in [6, 6.07) is 1.04. The highest BCUT2D eigenvalue weighted by molar-refractivity contribution is 6.76. The van der Waals surface area contributed by atoms with Gasteiger partial charge in [-0.05, 0) is 12.5 Å². The van der Waals surface area contributed by atoms with Gasteiger partial charge in [0.1, 0.15) is 0 Å². The highest BCUT2D eigenvalue weighted by atomic mass is 28.3. The average Bonchev–Trinajstić information content (AvgIpc) is 2.02. The summed E-state index contributed by atoms with van der Waals surface area (Å²) >= 11 is 0. The zero-order valence-corrected chi connectivity index (χ0v) is 11.1. The van der Waals surface area contributed by atoms with Gasteiger partial charge in [-0.2, -0.15) is 0 Å². The number of hydrogen-bond acceptors (Lipinski definition) is 2. The number of rotatable bonds is 5. The van der Waals surface area contributed by atoms with Gasteiger partial charge >= 0.3 is 6.09 Å². The Labute approximate surface area is 88.4 Å². The van der Waals surface area contributed by atoms with Crippen LogP contribution in [0.15, 0.2) is 0 Å². The molecule has 0 aromatic rings. The van der Waals surface area contributed by atoms with Crippen molar-refractivity contribution in [2.45, 2.75) is 39.0 Å². The van der Waals surface area contributed by atoms with Crippen molar-refractivity contribution >= 4 is 14.2 Å². The van der Waals surface area contributed by atoms with Crippen molar-refractivity contribution < 1.29 is 9.53 Å². The van der Waals surface area contributed by atoms with Crippen LogP contribution >= 0.6 is 0 Å². The molecule has 0 unspecified atom stereocenters. The molecule has 0 heterocycles. The van der Waals surface area contributed by atoms with E-state index in [-0.39, 0.29) is 6.09 Å². The Morgan fingerprint density at radius 1 is 1.36 bits per heavy atom. The molecule has 4 heteroatoms. The Hall–Kier alpha value is -0.513. The van der Waals surface area contributed by atoms with E-state index in [0.717, 1.165) is 19.0 Å². The van der Waals surface area contributed by atoms with Gasteiger partial charge in [0.2, 0.25) is 0 Å². The standard InChI is InChI=1S/C10H23NO2Si/c1-6-7-11(2)10(12)13-8-9-14(3,4)5/h6-9H2,1-5H3. The van der Waals surface area contributed by atoms with Gasteiger partial charge in [-0.25, -0.2) is 4.79 Å². The molecule has 0 rings (SSSR count). The lowest BCUT2D eigenvalue weighted by molar-refractivity contribution is 0.116. The summed E-state index contributed by atoms with van der Waals surface area (Å²) in [5, 5.41) is 0. The molecule has 0 aliphatic heterocycles. The second-order valence-corrected chi connectivity index (χ2v) is 10.5. The normalized spacial score (nSPS) is 11.2. The van der Waals surface area contributed by atoms with Crippen LogP contribution in [0.5, 0.6) is 0 Å². The first-order valence-electron chi connectivity index (χ1n) is 5.24. The van der Waals surface area contributed by atoms with Gasteiger partial charge in [0, 0.05) is 21.7 Å². The lowest BCUT2D eigenvalue weighted by Crippen LogP contribution is -2.30.